The van der Waals surface area contributed by atoms with Gasteiger partial charge in [-0.3, -0.25) is 4.79 Å². The zero-order chi connectivity index (χ0) is 13.7. The Morgan fingerprint density at radius 2 is 2.16 bits per heavy atom. The van der Waals surface area contributed by atoms with Gasteiger partial charge in [-0.25, -0.2) is 0 Å². The van der Waals surface area contributed by atoms with Gasteiger partial charge in [0.05, 0.1) is 22.4 Å². The Kier molecular flexibility index (Phi) is 4.93. The van der Waals surface area contributed by atoms with Gasteiger partial charge in [0.2, 0.25) is 0 Å². The van der Waals surface area contributed by atoms with Crippen LogP contribution >= 0.6 is 23.3 Å². The minimum atomic E-state index is -0.741. The average molecular weight is 300 g/mol. The summed E-state index contributed by atoms with van der Waals surface area (Å²) >= 11 is 7.30. The smallest absolute Gasteiger partial charge is 0.303 e. The highest BCUT2D eigenvalue weighted by molar-refractivity contribution is 7.00. The third-order valence-corrected chi connectivity index (χ3v) is 3.60. The molecule has 0 saturated carbocycles. The lowest BCUT2D eigenvalue weighted by Crippen LogP contribution is -2.03. The molecule has 7 heteroatoms. The van der Waals surface area contributed by atoms with Gasteiger partial charge in [0.25, 0.3) is 0 Å². The number of aliphatic carboxylic acids is 1. The molecular weight excluding hydrogens is 286 g/mol. The number of carbonyl (C=O) groups is 1. The van der Waals surface area contributed by atoms with E-state index in [4.69, 9.17) is 16.7 Å². The average Bonchev–Trinajstić information content (AvgIpc) is 2.83. The molecule has 0 unspecified atom stereocenters. The second-order valence-corrected chi connectivity index (χ2v) is 5.12. The molecule has 0 radical (unpaired) electrons. The molecule has 102 valence electrons. The summed E-state index contributed by atoms with van der Waals surface area (Å²) in [7, 11) is 0. The third-order valence-electron chi connectivity index (χ3n) is 2.75. The van der Waals surface area contributed by atoms with E-state index in [1.807, 2.05) is 6.07 Å². The van der Waals surface area contributed by atoms with E-state index in [1.54, 1.807) is 6.07 Å². The minimum Gasteiger partial charge on any atom is -0.481 e. The standard InChI is InChI=1S/C12H14ClN3O2S/c13-8-5-6-9-12(16-19-15-9)11(8)14-7-3-1-2-4-10(17)18/h5-6,14H,1-4,7H2,(H,17,18). The highest BCUT2D eigenvalue weighted by Gasteiger charge is 2.09. The zero-order valence-electron chi connectivity index (χ0n) is 10.2. The van der Waals surface area contributed by atoms with Gasteiger partial charge in [-0.2, -0.15) is 8.75 Å². The molecule has 2 aromatic rings. The maximum absolute atomic E-state index is 10.4. The van der Waals surface area contributed by atoms with Gasteiger partial charge in [-0.15, -0.1) is 0 Å². The number of nitrogens with zero attached hydrogens (tertiary/aromatic N) is 2. The first-order valence-electron chi connectivity index (χ1n) is 6.05. The normalized spacial score (nSPS) is 10.8. The van der Waals surface area contributed by atoms with Crippen LogP contribution in [0.5, 0.6) is 0 Å². The van der Waals surface area contributed by atoms with Crippen molar-refractivity contribution in [2.24, 2.45) is 0 Å². The Morgan fingerprint density at radius 1 is 1.32 bits per heavy atom. The Morgan fingerprint density at radius 3 is 2.95 bits per heavy atom. The summed E-state index contributed by atoms with van der Waals surface area (Å²) in [6, 6.07) is 3.65. The van der Waals surface area contributed by atoms with Crippen LogP contribution in [0.4, 0.5) is 5.69 Å². The second kappa shape index (κ2) is 6.68. The molecule has 2 rings (SSSR count). The molecule has 1 heterocycles. The van der Waals surface area contributed by atoms with Gasteiger partial charge < -0.3 is 10.4 Å². The lowest BCUT2D eigenvalue weighted by molar-refractivity contribution is -0.137. The highest BCUT2D eigenvalue weighted by atomic mass is 35.5. The van der Waals surface area contributed by atoms with Crippen molar-refractivity contribution >= 4 is 46.0 Å². The summed E-state index contributed by atoms with van der Waals surface area (Å²) in [5.74, 6) is -0.741. The molecule has 5 nitrogen and oxygen atoms in total. The number of halogens is 1. The van der Waals surface area contributed by atoms with Crippen molar-refractivity contribution in [2.45, 2.75) is 25.7 Å². The molecule has 0 saturated heterocycles. The van der Waals surface area contributed by atoms with Gasteiger partial charge in [0.15, 0.2) is 0 Å². The second-order valence-electron chi connectivity index (χ2n) is 4.19. The molecule has 1 aromatic heterocycles. The van der Waals surface area contributed by atoms with Crippen LogP contribution in [-0.4, -0.2) is 26.4 Å². The number of nitrogens with one attached hydrogen (secondary N) is 1. The first-order valence-corrected chi connectivity index (χ1v) is 7.16. The summed E-state index contributed by atoms with van der Waals surface area (Å²) in [4.78, 5) is 10.4. The molecule has 0 fully saturated rings. The lowest BCUT2D eigenvalue weighted by atomic mass is 10.2. The first-order chi connectivity index (χ1) is 9.18. The van der Waals surface area contributed by atoms with Crippen LogP contribution < -0.4 is 5.32 Å². The van der Waals surface area contributed by atoms with E-state index in [0.29, 0.717) is 11.4 Å². The fourth-order valence-corrected chi connectivity index (χ4v) is 2.55. The largest absolute Gasteiger partial charge is 0.481 e. The van der Waals surface area contributed by atoms with E-state index in [9.17, 15) is 4.79 Å². The maximum atomic E-state index is 10.4. The van der Waals surface area contributed by atoms with Gasteiger partial charge in [-0.1, -0.05) is 18.0 Å². The molecule has 0 bridgehead atoms. The topological polar surface area (TPSA) is 75.1 Å². The monoisotopic (exact) mass is 299 g/mol. The molecule has 1 aromatic carbocycles. The van der Waals surface area contributed by atoms with Crippen LogP contribution in [0.15, 0.2) is 12.1 Å². The van der Waals surface area contributed by atoms with Gasteiger partial charge in [0.1, 0.15) is 11.0 Å². The van der Waals surface area contributed by atoms with Crippen molar-refractivity contribution < 1.29 is 9.90 Å². The molecule has 0 atom stereocenters. The van der Waals surface area contributed by atoms with Gasteiger partial charge in [-0.05, 0) is 25.0 Å². The van der Waals surface area contributed by atoms with Crippen molar-refractivity contribution in [1.82, 2.24) is 8.75 Å². The van der Waals surface area contributed by atoms with Crippen molar-refractivity contribution in [3.05, 3.63) is 17.2 Å². The van der Waals surface area contributed by atoms with Crippen LogP contribution in [0.3, 0.4) is 0 Å². The Labute approximate surface area is 119 Å². The number of rotatable bonds is 7. The zero-order valence-corrected chi connectivity index (χ0v) is 11.8. The first kappa shape index (κ1) is 14.0. The molecule has 0 amide bonds. The fraction of sp³-hybridized carbons (Fsp3) is 0.417. The Balaban J connectivity index is 1.86. The van der Waals surface area contributed by atoms with Crippen LogP contribution in [0.25, 0.3) is 11.0 Å². The van der Waals surface area contributed by atoms with E-state index in [0.717, 1.165) is 47.8 Å². The quantitative estimate of drug-likeness (QED) is 0.766. The van der Waals surface area contributed by atoms with Crippen LogP contribution in [0, 0.1) is 0 Å². The Bertz CT molecular complexity index is 573. The molecule has 0 aliphatic carbocycles. The predicted octanol–water partition coefficient (Wildman–Crippen LogP) is 3.40. The summed E-state index contributed by atoms with van der Waals surface area (Å²) < 4.78 is 8.39. The highest BCUT2D eigenvalue weighted by Crippen LogP contribution is 2.29. The molecule has 0 spiro atoms. The summed E-state index contributed by atoms with van der Waals surface area (Å²) in [5.41, 5.74) is 2.44. The maximum Gasteiger partial charge on any atom is 0.303 e. The number of hydrogen-bond acceptors (Lipinski definition) is 5. The molecule has 0 aliphatic heterocycles. The van der Waals surface area contributed by atoms with Crippen molar-refractivity contribution in [3.63, 3.8) is 0 Å². The third kappa shape index (κ3) is 3.78. The SMILES string of the molecule is O=C(O)CCCCCNc1c(Cl)ccc2nsnc12. The lowest BCUT2D eigenvalue weighted by Gasteiger charge is -2.08. The number of benzene rings is 1. The number of unbranched alkanes of at least 4 members (excludes halogenated alkanes) is 2. The van der Waals surface area contributed by atoms with E-state index in [-0.39, 0.29) is 6.42 Å². The molecule has 0 aliphatic rings. The van der Waals surface area contributed by atoms with E-state index >= 15 is 0 Å². The van der Waals surface area contributed by atoms with Crippen molar-refractivity contribution in [1.29, 1.82) is 0 Å². The van der Waals surface area contributed by atoms with E-state index < -0.39 is 5.97 Å². The van der Waals surface area contributed by atoms with Crippen molar-refractivity contribution in [3.8, 4) is 0 Å². The number of carboxylic acids is 1. The van der Waals surface area contributed by atoms with Crippen LogP contribution in [-0.2, 0) is 4.79 Å². The summed E-state index contributed by atoms with van der Waals surface area (Å²) in [6.45, 7) is 0.746. The Hall–Kier alpha value is -1.40. The molecular formula is C12H14ClN3O2S. The molecule has 2 N–H and O–H groups in total. The number of aromatic nitrogens is 2. The number of fused-ring (bicyclic) bond motifs is 1. The fourth-order valence-electron chi connectivity index (χ4n) is 1.79. The van der Waals surface area contributed by atoms with Gasteiger partial charge >= 0.3 is 5.97 Å². The van der Waals surface area contributed by atoms with Gasteiger partial charge in [0, 0.05) is 13.0 Å². The number of anilines is 1. The van der Waals surface area contributed by atoms with Crippen LogP contribution in [0.2, 0.25) is 5.02 Å². The summed E-state index contributed by atoms with van der Waals surface area (Å²) in [6.07, 6.45) is 2.71. The van der Waals surface area contributed by atoms with Crippen molar-refractivity contribution in [2.75, 3.05) is 11.9 Å². The van der Waals surface area contributed by atoms with E-state index in [1.165, 1.54) is 0 Å². The minimum absolute atomic E-state index is 0.229. The molecule has 19 heavy (non-hydrogen) atoms. The summed E-state index contributed by atoms with van der Waals surface area (Å²) in [5, 5.41) is 12.4. The number of hydrogen-bond donors (Lipinski definition) is 2. The predicted molar refractivity (Wildman–Crippen MR) is 77.0 cm³/mol. The van der Waals surface area contributed by atoms with E-state index in [2.05, 4.69) is 14.1 Å². The van der Waals surface area contributed by atoms with Crippen LogP contribution in [0.1, 0.15) is 25.7 Å². The number of carboxylic acid groups (broad SMARTS) is 1.